The van der Waals surface area contributed by atoms with Gasteiger partial charge in [-0.05, 0) is 37.3 Å². The van der Waals surface area contributed by atoms with Crippen LogP contribution in [0.2, 0.25) is 5.02 Å². The second kappa shape index (κ2) is 5.94. The summed E-state index contributed by atoms with van der Waals surface area (Å²) in [5.41, 5.74) is 0.306. The molecular formula is C14H15ClN2O2S. The van der Waals surface area contributed by atoms with E-state index in [0.29, 0.717) is 36.5 Å². The first kappa shape index (κ1) is 15.0. The van der Waals surface area contributed by atoms with Crippen molar-refractivity contribution in [3.05, 3.63) is 28.8 Å². The van der Waals surface area contributed by atoms with Gasteiger partial charge in [-0.3, -0.25) is 4.79 Å². The van der Waals surface area contributed by atoms with Crippen molar-refractivity contribution in [3.8, 4) is 11.8 Å². The van der Waals surface area contributed by atoms with Gasteiger partial charge in [0.25, 0.3) is 5.91 Å². The van der Waals surface area contributed by atoms with E-state index in [1.54, 1.807) is 16.7 Å². The van der Waals surface area contributed by atoms with E-state index in [4.69, 9.17) is 11.6 Å². The van der Waals surface area contributed by atoms with Gasteiger partial charge >= 0.3 is 0 Å². The Labute approximate surface area is 127 Å². The molecule has 0 bridgehead atoms. The second-order valence-corrected chi connectivity index (χ2v) is 6.36. The van der Waals surface area contributed by atoms with Crippen LogP contribution in [0.15, 0.2) is 18.2 Å². The maximum atomic E-state index is 12.4. The summed E-state index contributed by atoms with van der Waals surface area (Å²) in [6, 6.07) is 6.68. The van der Waals surface area contributed by atoms with Crippen molar-refractivity contribution >= 4 is 29.3 Å². The number of carbonyl (C=O) groups is 1. The van der Waals surface area contributed by atoms with E-state index in [-0.39, 0.29) is 16.4 Å². The molecule has 0 atom stereocenters. The van der Waals surface area contributed by atoms with E-state index in [0.717, 1.165) is 0 Å². The minimum Gasteiger partial charge on any atom is -0.508 e. The molecule has 1 fully saturated rings. The number of likely N-dealkylation sites (tertiary alicyclic amines) is 1. The van der Waals surface area contributed by atoms with E-state index in [9.17, 15) is 15.2 Å². The fourth-order valence-corrected chi connectivity index (χ4v) is 3.16. The van der Waals surface area contributed by atoms with Crippen molar-refractivity contribution < 1.29 is 9.90 Å². The Morgan fingerprint density at radius 1 is 1.50 bits per heavy atom. The second-order valence-electron chi connectivity index (χ2n) is 4.77. The number of benzene rings is 1. The molecule has 0 radical (unpaired) electrons. The smallest absolute Gasteiger partial charge is 0.255 e. The lowest BCUT2D eigenvalue weighted by Gasteiger charge is -2.36. The largest absolute Gasteiger partial charge is 0.508 e. The molecule has 1 aromatic carbocycles. The van der Waals surface area contributed by atoms with Crippen molar-refractivity contribution in [1.82, 2.24) is 4.90 Å². The maximum Gasteiger partial charge on any atom is 0.255 e. The minimum atomic E-state index is -0.389. The van der Waals surface area contributed by atoms with Gasteiger partial charge in [0.1, 0.15) is 10.5 Å². The first-order valence-electron chi connectivity index (χ1n) is 6.25. The lowest BCUT2D eigenvalue weighted by atomic mass is 9.96. The molecule has 0 aliphatic carbocycles. The third-order valence-electron chi connectivity index (χ3n) is 3.63. The van der Waals surface area contributed by atoms with Crippen LogP contribution >= 0.6 is 23.4 Å². The summed E-state index contributed by atoms with van der Waals surface area (Å²) in [6.45, 7) is 1.05. The summed E-state index contributed by atoms with van der Waals surface area (Å²) in [7, 11) is 0. The summed E-state index contributed by atoms with van der Waals surface area (Å²) < 4.78 is -0.389. The highest BCUT2D eigenvalue weighted by Crippen LogP contribution is 2.34. The fraction of sp³-hybridized carbons (Fsp3) is 0.429. The molecule has 20 heavy (non-hydrogen) atoms. The number of halogens is 1. The van der Waals surface area contributed by atoms with Crippen LogP contribution in [0, 0.1) is 11.3 Å². The average molecular weight is 311 g/mol. The van der Waals surface area contributed by atoms with Crippen LogP contribution < -0.4 is 0 Å². The Kier molecular flexibility index (Phi) is 4.46. The van der Waals surface area contributed by atoms with Gasteiger partial charge in [0, 0.05) is 13.1 Å². The Bertz CT molecular complexity index is 563. The Hall–Kier alpha value is -1.38. The number of aromatic hydroxyl groups is 1. The van der Waals surface area contributed by atoms with Crippen LogP contribution in [0.25, 0.3) is 0 Å². The third kappa shape index (κ3) is 2.87. The quantitative estimate of drug-likeness (QED) is 0.912. The van der Waals surface area contributed by atoms with E-state index < -0.39 is 0 Å². The number of thioether (sulfide) groups is 1. The highest BCUT2D eigenvalue weighted by molar-refractivity contribution is 8.00. The molecule has 1 aliphatic heterocycles. The summed E-state index contributed by atoms with van der Waals surface area (Å²) in [5.74, 6) is -0.177. The number of rotatable bonds is 2. The summed E-state index contributed by atoms with van der Waals surface area (Å²) >= 11 is 7.55. The topological polar surface area (TPSA) is 64.3 Å². The SMILES string of the molecule is CSC1(C#N)CCN(C(=O)c2cc(O)ccc2Cl)CC1. The van der Waals surface area contributed by atoms with Gasteiger partial charge < -0.3 is 10.0 Å². The molecule has 0 saturated carbocycles. The monoisotopic (exact) mass is 310 g/mol. The van der Waals surface area contributed by atoms with Crippen LogP contribution in [0.3, 0.4) is 0 Å². The molecule has 1 heterocycles. The zero-order valence-corrected chi connectivity index (χ0v) is 12.7. The third-order valence-corrected chi connectivity index (χ3v) is 5.24. The molecule has 2 rings (SSSR count). The van der Waals surface area contributed by atoms with Crippen LogP contribution in [0.5, 0.6) is 5.75 Å². The van der Waals surface area contributed by atoms with Crippen molar-refractivity contribution in [2.75, 3.05) is 19.3 Å². The van der Waals surface area contributed by atoms with E-state index >= 15 is 0 Å². The highest BCUT2D eigenvalue weighted by atomic mass is 35.5. The van der Waals surface area contributed by atoms with E-state index in [1.807, 2.05) is 6.26 Å². The molecule has 1 amide bonds. The molecule has 1 aromatic rings. The van der Waals surface area contributed by atoms with Gasteiger partial charge in [-0.1, -0.05) is 11.6 Å². The minimum absolute atomic E-state index is 0.0187. The lowest BCUT2D eigenvalue weighted by molar-refractivity contribution is 0.0716. The van der Waals surface area contributed by atoms with Gasteiger partial charge in [0.2, 0.25) is 0 Å². The fourth-order valence-electron chi connectivity index (χ4n) is 2.28. The summed E-state index contributed by atoms with van der Waals surface area (Å²) in [6.07, 6.45) is 3.21. The number of amides is 1. The van der Waals surface area contributed by atoms with E-state index in [2.05, 4.69) is 6.07 Å². The van der Waals surface area contributed by atoms with Gasteiger partial charge in [0.05, 0.1) is 16.7 Å². The average Bonchev–Trinajstić information content (AvgIpc) is 2.49. The first-order chi connectivity index (χ1) is 9.51. The molecule has 4 nitrogen and oxygen atoms in total. The summed E-state index contributed by atoms with van der Waals surface area (Å²) in [5, 5.41) is 19.0. The molecule has 6 heteroatoms. The lowest BCUT2D eigenvalue weighted by Crippen LogP contribution is -2.44. The van der Waals surface area contributed by atoms with Crippen molar-refractivity contribution in [2.24, 2.45) is 0 Å². The van der Waals surface area contributed by atoms with Crippen molar-refractivity contribution in [3.63, 3.8) is 0 Å². The number of nitriles is 1. The van der Waals surface area contributed by atoms with Crippen LogP contribution in [-0.2, 0) is 0 Å². The van der Waals surface area contributed by atoms with Crippen LogP contribution in [0.4, 0.5) is 0 Å². The molecular weight excluding hydrogens is 296 g/mol. The van der Waals surface area contributed by atoms with Gasteiger partial charge in [-0.2, -0.15) is 5.26 Å². The predicted octanol–water partition coefficient (Wildman–Crippen LogP) is 2.91. The molecule has 0 unspecified atom stereocenters. The van der Waals surface area contributed by atoms with Crippen molar-refractivity contribution in [1.29, 1.82) is 5.26 Å². The standard InChI is InChI=1S/C14H15ClN2O2S/c1-20-14(9-16)4-6-17(7-5-14)13(19)11-8-10(18)2-3-12(11)15/h2-3,8,18H,4-7H2,1H3. The zero-order valence-electron chi connectivity index (χ0n) is 11.1. The Morgan fingerprint density at radius 2 is 2.15 bits per heavy atom. The van der Waals surface area contributed by atoms with Gasteiger partial charge in [-0.15, -0.1) is 11.8 Å². The molecule has 1 saturated heterocycles. The number of carbonyl (C=O) groups excluding carboxylic acids is 1. The van der Waals surface area contributed by atoms with E-state index in [1.165, 1.54) is 18.2 Å². The number of hydrogen-bond acceptors (Lipinski definition) is 4. The highest BCUT2D eigenvalue weighted by Gasteiger charge is 2.35. The van der Waals surface area contributed by atoms with Crippen molar-refractivity contribution in [2.45, 2.75) is 17.6 Å². The first-order valence-corrected chi connectivity index (χ1v) is 7.86. The molecule has 106 valence electrons. The van der Waals surface area contributed by atoms with Crippen LogP contribution in [-0.4, -0.2) is 40.0 Å². The number of hydrogen-bond donors (Lipinski definition) is 1. The Balaban J connectivity index is 2.13. The summed E-state index contributed by atoms with van der Waals surface area (Å²) in [4.78, 5) is 14.1. The van der Waals surface area contributed by atoms with Gasteiger partial charge in [-0.25, -0.2) is 0 Å². The molecule has 1 aliphatic rings. The van der Waals surface area contributed by atoms with Crippen LogP contribution in [0.1, 0.15) is 23.2 Å². The predicted molar refractivity (Wildman–Crippen MR) is 80.1 cm³/mol. The normalized spacial score (nSPS) is 17.6. The zero-order chi connectivity index (χ0) is 14.8. The number of phenolic OH excluding ortho intramolecular Hbond substituents is 1. The molecule has 1 N–H and O–H groups in total. The maximum absolute atomic E-state index is 12.4. The number of nitrogens with zero attached hydrogens (tertiary/aromatic N) is 2. The number of phenols is 1. The number of piperidine rings is 1. The molecule has 0 spiro atoms. The van der Waals surface area contributed by atoms with Gasteiger partial charge in [0.15, 0.2) is 0 Å². The molecule has 0 aromatic heterocycles. The Morgan fingerprint density at radius 3 is 2.70 bits per heavy atom.